The molecular weight excluding hydrogens is 382 g/mol. The van der Waals surface area contributed by atoms with Gasteiger partial charge in [-0.2, -0.15) is 0 Å². The van der Waals surface area contributed by atoms with E-state index in [0.717, 1.165) is 16.6 Å². The average molecular weight is 399 g/mol. The number of carbonyl (C=O) groups excluding carboxylic acids is 2. The van der Waals surface area contributed by atoms with Crippen LogP contribution < -0.4 is 10.6 Å². The first kappa shape index (κ1) is 19.0. The highest BCUT2D eigenvalue weighted by molar-refractivity contribution is 6.07. The standard InChI is InChI=1S/C22H17N5O3/c1-30-22(29)15-8-2-3-9-16(15)27-21(28)18-12-25-19(13-24-18)26-17-10-4-6-14-7-5-11-23-20(14)17/h2-13H,1H3,(H,25,26)(H,27,28). The number of pyridine rings is 1. The Labute approximate surface area is 172 Å². The summed E-state index contributed by atoms with van der Waals surface area (Å²) in [6, 6.07) is 16.2. The van der Waals surface area contributed by atoms with Gasteiger partial charge in [-0.25, -0.2) is 14.8 Å². The summed E-state index contributed by atoms with van der Waals surface area (Å²) >= 11 is 0. The van der Waals surface area contributed by atoms with Gasteiger partial charge in [0.15, 0.2) is 0 Å². The number of anilines is 3. The minimum absolute atomic E-state index is 0.108. The van der Waals surface area contributed by atoms with E-state index in [4.69, 9.17) is 4.74 Å². The lowest BCUT2D eigenvalue weighted by atomic mass is 10.1. The van der Waals surface area contributed by atoms with E-state index < -0.39 is 11.9 Å². The van der Waals surface area contributed by atoms with Crippen molar-refractivity contribution in [3.63, 3.8) is 0 Å². The predicted molar refractivity (Wildman–Crippen MR) is 113 cm³/mol. The molecule has 0 spiro atoms. The number of aromatic nitrogens is 3. The lowest BCUT2D eigenvalue weighted by Gasteiger charge is -2.10. The molecule has 148 valence electrons. The molecule has 2 heterocycles. The van der Waals surface area contributed by atoms with Crippen molar-refractivity contribution in [1.29, 1.82) is 0 Å². The van der Waals surface area contributed by atoms with Crippen molar-refractivity contribution in [3.05, 3.63) is 84.4 Å². The maximum Gasteiger partial charge on any atom is 0.339 e. The molecule has 1 amide bonds. The van der Waals surface area contributed by atoms with Crippen LogP contribution in [0.5, 0.6) is 0 Å². The summed E-state index contributed by atoms with van der Waals surface area (Å²) in [5, 5.41) is 6.82. The van der Waals surface area contributed by atoms with E-state index in [2.05, 4.69) is 25.6 Å². The summed E-state index contributed by atoms with van der Waals surface area (Å²) < 4.78 is 4.74. The molecule has 0 bridgehead atoms. The Morgan fingerprint density at radius 1 is 0.867 bits per heavy atom. The van der Waals surface area contributed by atoms with Crippen molar-refractivity contribution in [2.24, 2.45) is 0 Å². The van der Waals surface area contributed by atoms with E-state index in [1.807, 2.05) is 30.3 Å². The summed E-state index contributed by atoms with van der Waals surface area (Å²) in [5.41, 5.74) is 2.29. The number of benzene rings is 2. The number of esters is 1. The number of carbonyl (C=O) groups is 2. The molecular formula is C22H17N5O3. The Kier molecular flexibility index (Phi) is 5.29. The first-order valence-corrected chi connectivity index (χ1v) is 9.07. The Morgan fingerprint density at radius 3 is 2.47 bits per heavy atom. The molecule has 0 fully saturated rings. The van der Waals surface area contributed by atoms with Crippen molar-refractivity contribution in [3.8, 4) is 0 Å². The van der Waals surface area contributed by atoms with Crippen LogP contribution in [0.4, 0.5) is 17.2 Å². The third-order valence-electron chi connectivity index (χ3n) is 4.36. The molecule has 8 nitrogen and oxygen atoms in total. The maximum atomic E-state index is 12.5. The monoisotopic (exact) mass is 399 g/mol. The van der Waals surface area contributed by atoms with E-state index in [1.54, 1.807) is 30.5 Å². The molecule has 0 saturated carbocycles. The number of ether oxygens (including phenoxy) is 1. The highest BCUT2D eigenvalue weighted by Gasteiger charge is 2.15. The molecule has 0 aliphatic rings. The smallest absolute Gasteiger partial charge is 0.339 e. The van der Waals surface area contributed by atoms with Gasteiger partial charge in [-0.1, -0.05) is 30.3 Å². The van der Waals surface area contributed by atoms with Gasteiger partial charge in [0, 0.05) is 11.6 Å². The molecule has 30 heavy (non-hydrogen) atoms. The van der Waals surface area contributed by atoms with Crippen LogP contribution in [0.1, 0.15) is 20.8 Å². The summed E-state index contributed by atoms with van der Waals surface area (Å²) in [6.45, 7) is 0. The number of rotatable bonds is 5. The number of fused-ring (bicyclic) bond motifs is 1. The van der Waals surface area contributed by atoms with Crippen LogP contribution in [0.25, 0.3) is 10.9 Å². The van der Waals surface area contributed by atoms with E-state index in [0.29, 0.717) is 11.5 Å². The molecule has 2 N–H and O–H groups in total. The van der Waals surface area contributed by atoms with Crippen molar-refractivity contribution in [2.75, 3.05) is 17.7 Å². The Morgan fingerprint density at radius 2 is 1.67 bits per heavy atom. The molecule has 0 aliphatic heterocycles. The third-order valence-corrected chi connectivity index (χ3v) is 4.36. The van der Waals surface area contributed by atoms with Crippen molar-refractivity contribution >= 4 is 40.0 Å². The fourth-order valence-corrected chi connectivity index (χ4v) is 2.92. The summed E-state index contributed by atoms with van der Waals surface area (Å²) in [4.78, 5) is 37.2. The molecule has 2 aromatic heterocycles. The fourth-order valence-electron chi connectivity index (χ4n) is 2.92. The molecule has 0 saturated heterocycles. The van der Waals surface area contributed by atoms with E-state index >= 15 is 0 Å². The van der Waals surface area contributed by atoms with Gasteiger partial charge in [-0.05, 0) is 24.3 Å². The average Bonchev–Trinajstić information content (AvgIpc) is 2.79. The molecule has 4 rings (SSSR count). The summed E-state index contributed by atoms with van der Waals surface area (Å²) in [6.07, 6.45) is 4.54. The van der Waals surface area contributed by atoms with Gasteiger partial charge in [0.05, 0.1) is 42.0 Å². The first-order chi connectivity index (χ1) is 14.7. The van der Waals surface area contributed by atoms with Gasteiger partial charge < -0.3 is 15.4 Å². The van der Waals surface area contributed by atoms with Crippen molar-refractivity contribution < 1.29 is 14.3 Å². The van der Waals surface area contributed by atoms with Crippen molar-refractivity contribution in [1.82, 2.24) is 15.0 Å². The molecule has 0 radical (unpaired) electrons. The molecule has 0 unspecified atom stereocenters. The number of amides is 1. The second-order valence-corrected chi connectivity index (χ2v) is 6.28. The van der Waals surface area contributed by atoms with Crippen LogP contribution >= 0.6 is 0 Å². The molecule has 0 atom stereocenters. The van der Waals surface area contributed by atoms with Crippen LogP contribution in [0, 0.1) is 0 Å². The Balaban J connectivity index is 1.51. The topological polar surface area (TPSA) is 106 Å². The van der Waals surface area contributed by atoms with Crippen LogP contribution in [0.15, 0.2) is 73.2 Å². The predicted octanol–water partition coefficient (Wildman–Crippen LogP) is 3.81. The summed E-state index contributed by atoms with van der Waals surface area (Å²) in [5.74, 6) is -0.558. The molecule has 4 aromatic rings. The van der Waals surface area contributed by atoms with Gasteiger partial charge in [-0.3, -0.25) is 9.78 Å². The Hall–Kier alpha value is -4.33. The largest absolute Gasteiger partial charge is 0.465 e. The SMILES string of the molecule is COC(=O)c1ccccc1NC(=O)c1cnc(Nc2cccc3cccnc23)cn1. The zero-order chi connectivity index (χ0) is 20.9. The lowest BCUT2D eigenvalue weighted by Crippen LogP contribution is -2.17. The third kappa shape index (κ3) is 3.93. The highest BCUT2D eigenvalue weighted by Crippen LogP contribution is 2.23. The zero-order valence-corrected chi connectivity index (χ0v) is 16.0. The number of para-hydroxylation sites is 2. The van der Waals surface area contributed by atoms with Gasteiger partial charge in [0.2, 0.25) is 0 Å². The number of hydrogen-bond donors (Lipinski definition) is 2. The van der Waals surface area contributed by atoms with Gasteiger partial charge in [0.25, 0.3) is 5.91 Å². The van der Waals surface area contributed by atoms with Crippen LogP contribution in [0.2, 0.25) is 0 Å². The molecule has 8 heteroatoms. The number of nitrogens with zero attached hydrogens (tertiary/aromatic N) is 3. The fraction of sp³-hybridized carbons (Fsp3) is 0.0455. The van der Waals surface area contributed by atoms with Gasteiger partial charge in [-0.15, -0.1) is 0 Å². The molecule has 2 aromatic carbocycles. The zero-order valence-electron chi connectivity index (χ0n) is 16.0. The minimum Gasteiger partial charge on any atom is -0.465 e. The maximum absolute atomic E-state index is 12.5. The van der Waals surface area contributed by atoms with Gasteiger partial charge in [0.1, 0.15) is 11.5 Å². The van der Waals surface area contributed by atoms with Crippen LogP contribution in [-0.4, -0.2) is 33.9 Å². The molecule has 0 aliphatic carbocycles. The summed E-state index contributed by atoms with van der Waals surface area (Å²) in [7, 11) is 1.28. The van der Waals surface area contributed by atoms with E-state index in [1.165, 1.54) is 19.5 Å². The first-order valence-electron chi connectivity index (χ1n) is 9.07. The Bertz CT molecular complexity index is 1220. The minimum atomic E-state index is -0.541. The van der Waals surface area contributed by atoms with E-state index in [-0.39, 0.29) is 11.3 Å². The van der Waals surface area contributed by atoms with Crippen LogP contribution in [-0.2, 0) is 4.74 Å². The van der Waals surface area contributed by atoms with Gasteiger partial charge >= 0.3 is 5.97 Å². The second kappa shape index (κ2) is 8.36. The lowest BCUT2D eigenvalue weighted by molar-refractivity contribution is 0.0602. The number of methoxy groups -OCH3 is 1. The second-order valence-electron chi connectivity index (χ2n) is 6.28. The highest BCUT2D eigenvalue weighted by atomic mass is 16.5. The van der Waals surface area contributed by atoms with Crippen LogP contribution in [0.3, 0.4) is 0 Å². The normalized spacial score (nSPS) is 10.4. The number of nitrogens with one attached hydrogen (secondary N) is 2. The quantitative estimate of drug-likeness (QED) is 0.492. The van der Waals surface area contributed by atoms with E-state index in [9.17, 15) is 9.59 Å². The van der Waals surface area contributed by atoms with Crippen molar-refractivity contribution in [2.45, 2.75) is 0 Å². The number of hydrogen-bond acceptors (Lipinski definition) is 7.